The molecule has 1 saturated heterocycles. The molecule has 2 heterocycles. The maximum atomic E-state index is 12.9. The number of hydrogen-bond acceptors (Lipinski definition) is 4. The van der Waals surface area contributed by atoms with Gasteiger partial charge in [0.15, 0.2) is 0 Å². The molecule has 112 valence electrons. The third-order valence-electron chi connectivity index (χ3n) is 3.89. The van der Waals surface area contributed by atoms with E-state index in [0.717, 1.165) is 48.7 Å². The summed E-state index contributed by atoms with van der Waals surface area (Å²) in [6.07, 6.45) is 2.26. The molecule has 1 N–H and O–H groups in total. The Morgan fingerprint density at radius 2 is 2.14 bits per heavy atom. The fourth-order valence-corrected chi connectivity index (χ4v) is 3.59. The molecule has 21 heavy (non-hydrogen) atoms. The van der Waals surface area contributed by atoms with E-state index in [-0.39, 0.29) is 12.4 Å². The fraction of sp³-hybridized carbons (Fsp3) is 0.438. The van der Waals surface area contributed by atoms with Crippen LogP contribution in [0, 0.1) is 11.7 Å². The van der Waals surface area contributed by atoms with Gasteiger partial charge >= 0.3 is 0 Å². The van der Waals surface area contributed by atoms with E-state index in [1.807, 2.05) is 0 Å². The number of hydrogen-bond donors (Lipinski definition) is 1. The van der Waals surface area contributed by atoms with Gasteiger partial charge < -0.3 is 5.11 Å². The summed E-state index contributed by atoms with van der Waals surface area (Å²) < 4.78 is 12.9. The maximum absolute atomic E-state index is 12.9. The largest absolute Gasteiger partial charge is 0.396 e. The van der Waals surface area contributed by atoms with E-state index in [4.69, 9.17) is 0 Å². The van der Waals surface area contributed by atoms with Crippen molar-refractivity contribution in [2.45, 2.75) is 19.4 Å². The molecule has 1 aromatic heterocycles. The molecule has 1 fully saturated rings. The third-order valence-corrected chi connectivity index (χ3v) is 4.83. The summed E-state index contributed by atoms with van der Waals surface area (Å²) in [5.41, 5.74) is 2.01. The number of aliphatic hydroxyl groups is 1. The van der Waals surface area contributed by atoms with E-state index in [1.54, 1.807) is 23.5 Å². The van der Waals surface area contributed by atoms with Crippen molar-refractivity contribution >= 4 is 11.3 Å². The first kappa shape index (κ1) is 14.6. The number of piperidine rings is 1. The molecule has 1 atom stereocenters. The van der Waals surface area contributed by atoms with Gasteiger partial charge in [-0.3, -0.25) is 4.90 Å². The number of rotatable bonds is 4. The number of nitrogens with zero attached hydrogens (tertiary/aromatic N) is 2. The standard InChI is InChI=1S/C16H19FN2OS/c17-14-5-3-13(4-6-14)16-18-15(11-21-16)9-19-7-1-2-12(8-19)10-20/h3-6,11-12,20H,1-2,7-10H2/t12-/m0/s1. The summed E-state index contributed by atoms with van der Waals surface area (Å²) in [7, 11) is 0. The van der Waals surface area contributed by atoms with Gasteiger partial charge in [-0.1, -0.05) is 0 Å². The Kier molecular flexibility index (Phi) is 4.63. The zero-order valence-electron chi connectivity index (χ0n) is 11.8. The highest BCUT2D eigenvalue weighted by Crippen LogP contribution is 2.25. The highest BCUT2D eigenvalue weighted by Gasteiger charge is 2.20. The molecule has 1 aromatic carbocycles. The first-order valence-corrected chi connectivity index (χ1v) is 8.16. The second-order valence-electron chi connectivity index (χ2n) is 5.58. The van der Waals surface area contributed by atoms with Gasteiger partial charge in [0.1, 0.15) is 10.8 Å². The Hall–Kier alpha value is -1.30. The molecule has 0 radical (unpaired) electrons. The first-order valence-electron chi connectivity index (χ1n) is 7.28. The van der Waals surface area contributed by atoms with E-state index in [0.29, 0.717) is 5.92 Å². The Balaban J connectivity index is 1.66. The Morgan fingerprint density at radius 1 is 1.33 bits per heavy atom. The van der Waals surface area contributed by atoms with Crippen molar-refractivity contribution in [1.29, 1.82) is 0 Å². The number of benzene rings is 1. The molecule has 0 spiro atoms. The summed E-state index contributed by atoms with van der Waals surface area (Å²) in [5, 5.41) is 12.3. The lowest BCUT2D eigenvalue weighted by Gasteiger charge is -2.31. The number of likely N-dealkylation sites (tertiary alicyclic amines) is 1. The summed E-state index contributed by atoms with van der Waals surface area (Å²) in [6, 6.07) is 6.46. The zero-order valence-corrected chi connectivity index (χ0v) is 12.7. The minimum atomic E-state index is -0.223. The van der Waals surface area contributed by atoms with Crippen molar-refractivity contribution in [2.75, 3.05) is 19.7 Å². The Labute approximate surface area is 128 Å². The summed E-state index contributed by atoms with van der Waals surface area (Å²) in [6.45, 7) is 3.11. The first-order chi connectivity index (χ1) is 10.2. The van der Waals surface area contributed by atoms with Crippen LogP contribution >= 0.6 is 11.3 Å². The predicted molar refractivity (Wildman–Crippen MR) is 82.6 cm³/mol. The molecule has 0 aliphatic carbocycles. The molecule has 0 unspecified atom stereocenters. The highest BCUT2D eigenvalue weighted by molar-refractivity contribution is 7.13. The molecule has 2 aromatic rings. The van der Waals surface area contributed by atoms with Crippen molar-refractivity contribution in [3.63, 3.8) is 0 Å². The van der Waals surface area contributed by atoms with Gasteiger partial charge in [-0.15, -0.1) is 11.3 Å². The van der Waals surface area contributed by atoms with E-state index in [9.17, 15) is 9.50 Å². The van der Waals surface area contributed by atoms with Crippen molar-refractivity contribution in [1.82, 2.24) is 9.88 Å². The molecule has 3 rings (SSSR count). The van der Waals surface area contributed by atoms with Crippen LogP contribution in [0.2, 0.25) is 0 Å². The lowest BCUT2D eigenvalue weighted by Crippen LogP contribution is -2.36. The number of aliphatic hydroxyl groups excluding tert-OH is 1. The molecule has 1 aliphatic heterocycles. The molecule has 5 heteroatoms. The third kappa shape index (κ3) is 3.67. The Morgan fingerprint density at radius 3 is 2.90 bits per heavy atom. The normalized spacial score (nSPS) is 19.8. The molecular formula is C16H19FN2OS. The van der Waals surface area contributed by atoms with Gasteiger partial charge in [0.25, 0.3) is 0 Å². The SMILES string of the molecule is OC[C@H]1CCCN(Cc2csc(-c3ccc(F)cc3)n2)C1. The Bertz CT molecular complexity index is 584. The number of halogens is 1. The highest BCUT2D eigenvalue weighted by atomic mass is 32.1. The van der Waals surface area contributed by atoms with Crippen LogP contribution < -0.4 is 0 Å². The maximum Gasteiger partial charge on any atom is 0.123 e. The summed E-state index contributed by atoms with van der Waals surface area (Å²) in [4.78, 5) is 7.00. The van der Waals surface area contributed by atoms with Crippen LogP contribution in [0.1, 0.15) is 18.5 Å². The second-order valence-corrected chi connectivity index (χ2v) is 6.43. The van der Waals surface area contributed by atoms with E-state index in [2.05, 4.69) is 15.3 Å². The van der Waals surface area contributed by atoms with E-state index in [1.165, 1.54) is 12.1 Å². The molecule has 0 bridgehead atoms. The molecule has 0 saturated carbocycles. The van der Waals surface area contributed by atoms with Gasteiger partial charge in [-0.2, -0.15) is 0 Å². The van der Waals surface area contributed by atoms with Crippen molar-refractivity contribution in [2.24, 2.45) is 5.92 Å². The van der Waals surface area contributed by atoms with Gasteiger partial charge in [0.05, 0.1) is 5.69 Å². The van der Waals surface area contributed by atoms with Crippen LogP contribution in [0.15, 0.2) is 29.6 Å². The van der Waals surface area contributed by atoms with Crippen LogP contribution in [-0.4, -0.2) is 34.7 Å². The summed E-state index contributed by atoms with van der Waals surface area (Å²) >= 11 is 1.59. The lowest BCUT2D eigenvalue weighted by molar-refractivity contribution is 0.115. The average molecular weight is 306 g/mol. The monoisotopic (exact) mass is 306 g/mol. The number of aromatic nitrogens is 1. The van der Waals surface area contributed by atoms with Crippen molar-refractivity contribution in [3.05, 3.63) is 41.2 Å². The zero-order chi connectivity index (χ0) is 14.7. The van der Waals surface area contributed by atoms with Crippen LogP contribution in [0.3, 0.4) is 0 Å². The van der Waals surface area contributed by atoms with E-state index >= 15 is 0 Å². The topological polar surface area (TPSA) is 36.4 Å². The second kappa shape index (κ2) is 6.64. The fourth-order valence-electron chi connectivity index (χ4n) is 2.78. The van der Waals surface area contributed by atoms with Crippen LogP contribution in [0.25, 0.3) is 10.6 Å². The minimum Gasteiger partial charge on any atom is -0.396 e. The van der Waals surface area contributed by atoms with E-state index < -0.39 is 0 Å². The summed E-state index contributed by atoms with van der Waals surface area (Å²) in [5.74, 6) is 0.174. The quantitative estimate of drug-likeness (QED) is 0.942. The smallest absolute Gasteiger partial charge is 0.123 e. The van der Waals surface area contributed by atoms with Crippen LogP contribution in [0.4, 0.5) is 4.39 Å². The van der Waals surface area contributed by atoms with Crippen LogP contribution in [0.5, 0.6) is 0 Å². The molecule has 0 amide bonds. The average Bonchev–Trinajstić information content (AvgIpc) is 2.96. The minimum absolute atomic E-state index is 0.223. The molecule has 3 nitrogen and oxygen atoms in total. The number of thiazole rings is 1. The molecule has 1 aliphatic rings. The van der Waals surface area contributed by atoms with Gasteiger partial charge in [-0.05, 0) is 49.6 Å². The van der Waals surface area contributed by atoms with Gasteiger partial charge in [0.2, 0.25) is 0 Å². The lowest BCUT2D eigenvalue weighted by atomic mass is 9.99. The van der Waals surface area contributed by atoms with Crippen molar-refractivity contribution < 1.29 is 9.50 Å². The van der Waals surface area contributed by atoms with Crippen molar-refractivity contribution in [3.8, 4) is 10.6 Å². The molecular weight excluding hydrogens is 287 g/mol. The van der Waals surface area contributed by atoms with Gasteiger partial charge in [0, 0.05) is 30.6 Å². The van der Waals surface area contributed by atoms with Gasteiger partial charge in [-0.25, -0.2) is 9.37 Å². The predicted octanol–water partition coefficient (Wildman–Crippen LogP) is 3.15. The van der Waals surface area contributed by atoms with Crippen LogP contribution in [-0.2, 0) is 6.54 Å².